The first-order chi connectivity index (χ1) is 11.2. The van der Waals surface area contributed by atoms with E-state index in [2.05, 4.69) is 59.3 Å². The molecule has 122 valence electrons. The maximum Gasteiger partial charge on any atom is 0.118 e. The van der Waals surface area contributed by atoms with Crippen molar-refractivity contribution in [2.75, 3.05) is 26.7 Å². The minimum atomic E-state index is 0.339. The van der Waals surface area contributed by atoms with Crippen LogP contribution in [-0.4, -0.2) is 42.5 Å². The van der Waals surface area contributed by atoms with Crippen LogP contribution in [0.5, 0.6) is 0 Å². The number of likely N-dealkylation sites (tertiary alicyclic amines) is 2. The lowest BCUT2D eigenvalue weighted by molar-refractivity contribution is 0.0866. The number of hydrogen-bond donors (Lipinski definition) is 0. The van der Waals surface area contributed by atoms with Crippen molar-refractivity contribution < 1.29 is 4.42 Å². The zero-order valence-electron chi connectivity index (χ0n) is 14.2. The van der Waals surface area contributed by atoms with Crippen LogP contribution in [0.1, 0.15) is 29.9 Å². The molecule has 2 saturated heterocycles. The molecule has 0 N–H and O–H groups in total. The van der Waals surface area contributed by atoms with E-state index in [1.807, 2.05) is 6.92 Å². The maximum atomic E-state index is 5.78. The molecule has 23 heavy (non-hydrogen) atoms. The third-order valence-electron chi connectivity index (χ3n) is 5.91. The van der Waals surface area contributed by atoms with Gasteiger partial charge >= 0.3 is 0 Å². The quantitative estimate of drug-likeness (QED) is 0.866. The van der Waals surface area contributed by atoms with Crippen LogP contribution in [0.2, 0.25) is 0 Å². The minimum Gasteiger partial charge on any atom is -0.465 e. The van der Waals surface area contributed by atoms with Gasteiger partial charge in [-0.1, -0.05) is 30.3 Å². The molecular formula is C20H26N2O. The summed E-state index contributed by atoms with van der Waals surface area (Å²) in [4.78, 5) is 5.12. The topological polar surface area (TPSA) is 19.6 Å². The Labute approximate surface area is 138 Å². The first-order valence-electron chi connectivity index (χ1n) is 8.71. The third kappa shape index (κ3) is 2.62. The average molecular weight is 310 g/mol. The lowest BCUT2D eigenvalue weighted by atomic mass is 9.69. The third-order valence-corrected chi connectivity index (χ3v) is 5.91. The summed E-state index contributed by atoms with van der Waals surface area (Å²) >= 11 is 0. The van der Waals surface area contributed by atoms with Crippen molar-refractivity contribution in [1.29, 1.82) is 0 Å². The fraction of sp³-hybridized carbons (Fsp3) is 0.500. The van der Waals surface area contributed by atoms with E-state index in [9.17, 15) is 0 Å². The van der Waals surface area contributed by atoms with E-state index in [1.165, 1.54) is 24.9 Å². The number of likely N-dealkylation sites (N-methyl/N-ethyl adjacent to an activating group) is 1. The summed E-state index contributed by atoms with van der Waals surface area (Å²) in [6, 6.07) is 16.0. The Balaban J connectivity index is 1.55. The van der Waals surface area contributed by atoms with Crippen LogP contribution in [0.15, 0.2) is 46.9 Å². The Bertz CT molecular complexity index is 665. The summed E-state index contributed by atoms with van der Waals surface area (Å²) < 4.78 is 5.78. The summed E-state index contributed by atoms with van der Waals surface area (Å²) in [7, 11) is 2.29. The molecule has 0 bridgehead atoms. The largest absolute Gasteiger partial charge is 0.465 e. The monoisotopic (exact) mass is 310 g/mol. The fourth-order valence-corrected chi connectivity index (χ4v) is 4.60. The van der Waals surface area contributed by atoms with Gasteiger partial charge < -0.3 is 9.32 Å². The molecule has 1 aromatic heterocycles. The van der Waals surface area contributed by atoms with E-state index in [4.69, 9.17) is 4.42 Å². The average Bonchev–Trinajstić information content (AvgIpc) is 3.13. The predicted octanol–water partition coefficient (Wildman–Crippen LogP) is 3.44. The van der Waals surface area contributed by atoms with Crippen molar-refractivity contribution in [3.8, 4) is 0 Å². The highest BCUT2D eigenvalue weighted by atomic mass is 16.3. The second-order valence-electron chi connectivity index (χ2n) is 7.27. The van der Waals surface area contributed by atoms with Gasteiger partial charge in [0.15, 0.2) is 0 Å². The first-order valence-corrected chi connectivity index (χ1v) is 8.71. The van der Waals surface area contributed by atoms with Crippen molar-refractivity contribution >= 4 is 0 Å². The van der Waals surface area contributed by atoms with Gasteiger partial charge in [0, 0.05) is 18.0 Å². The maximum absolute atomic E-state index is 5.78. The van der Waals surface area contributed by atoms with Crippen LogP contribution < -0.4 is 0 Å². The van der Waals surface area contributed by atoms with Gasteiger partial charge in [0.25, 0.3) is 0 Å². The molecule has 2 atom stereocenters. The van der Waals surface area contributed by atoms with Gasteiger partial charge in [-0.2, -0.15) is 0 Å². The van der Waals surface area contributed by atoms with Crippen LogP contribution in [0.3, 0.4) is 0 Å². The molecule has 2 fully saturated rings. The molecular weight excluding hydrogens is 284 g/mol. The molecule has 0 spiro atoms. The van der Waals surface area contributed by atoms with Crippen molar-refractivity contribution in [2.24, 2.45) is 0 Å². The summed E-state index contributed by atoms with van der Waals surface area (Å²) in [5.41, 5.74) is 1.87. The van der Waals surface area contributed by atoms with Crippen LogP contribution in [0, 0.1) is 6.92 Å². The van der Waals surface area contributed by atoms with Crippen LogP contribution in [-0.2, 0) is 12.0 Å². The van der Waals surface area contributed by atoms with E-state index in [-0.39, 0.29) is 0 Å². The van der Waals surface area contributed by atoms with Crippen LogP contribution >= 0.6 is 0 Å². The second-order valence-corrected chi connectivity index (χ2v) is 7.27. The molecule has 1 aromatic carbocycles. The second kappa shape index (κ2) is 5.81. The Morgan fingerprint density at radius 2 is 1.87 bits per heavy atom. The van der Waals surface area contributed by atoms with E-state index < -0.39 is 0 Å². The Morgan fingerprint density at radius 1 is 1.09 bits per heavy atom. The molecule has 0 radical (unpaired) electrons. The predicted molar refractivity (Wildman–Crippen MR) is 92.5 cm³/mol. The van der Waals surface area contributed by atoms with Gasteiger partial charge in [-0.3, -0.25) is 4.90 Å². The molecule has 0 saturated carbocycles. The van der Waals surface area contributed by atoms with Gasteiger partial charge in [0.1, 0.15) is 11.5 Å². The summed E-state index contributed by atoms with van der Waals surface area (Å²) in [5, 5.41) is 0. The number of fused-ring (bicyclic) bond motifs is 1. The van der Waals surface area contributed by atoms with Crippen LogP contribution in [0.25, 0.3) is 0 Å². The number of nitrogens with zero attached hydrogens (tertiary/aromatic N) is 2. The SMILES string of the molecule is Cc1ccc(CN2CC[C@]3(c4ccccc4)CCN(C)[C@@H]3C2)o1. The molecule has 3 heterocycles. The first kappa shape index (κ1) is 15.0. The highest BCUT2D eigenvalue weighted by Crippen LogP contribution is 2.45. The number of benzene rings is 1. The minimum absolute atomic E-state index is 0.339. The molecule has 3 nitrogen and oxygen atoms in total. The molecule has 2 aliphatic rings. The van der Waals surface area contributed by atoms with Crippen molar-refractivity contribution in [3.05, 3.63) is 59.5 Å². The number of hydrogen-bond acceptors (Lipinski definition) is 3. The van der Waals surface area contributed by atoms with E-state index in [0.717, 1.165) is 31.2 Å². The number of furan rings is 1. The molecule has 0 amide bonds. The normalized spacial score (nSPS) is 28.9. The lowest BCUT2D eigenvalue weighted by Gasteiger charge is -2.46. The molecule has 3 heteroatoms. The van der Waals surface area contributed by atoms with E-state index in [0.29, 0.717) is 11.5 Å². The fourth-order valence-electron chi connectivity index (χ4n) is 4.60. The highest BCUT2D eigenvalue weighted by molar-refractivity contribution is 5.31. The Kier molecular flexibility index (Phi) is 3.78. The zero-order valence-corrected chi connectivity index (χ0v) is 14.2. The number of aryl methyl sites for hydroxylation is 1. The zero-order chi connectivity index (χ0) is 15.9. The molecule has 2 aliphatic heterocycles. The molecule has 2 aromatic rings. The Hall–Kier alpha value is -1.58. The summed E-state index contributed by atoms with van der Waals surface area (Å²) in [5.74, 6) is 2.10. The van der Waals surface area contributed by atoms with Gasteiger partial charge in [-0.15, -0.1) is 0 Å². The van der Waals surface area contributed by atoms with Crippen LogP contribution in [0.4, 0.5) is 0 Å². The summed E-state index contributed by atoms with van der Waals surface area (Å²) in [6.07, 6.45) is 2.53. The summed E-state index contributed by atoms with van der Waals surface area (Å²) in [6.45, 7) is 6.44. The molecule has 4 rings (SSSR count). The lowest BCUT2D eigenvalue weighted by Crippen LogP contribution is -2.54. The Morgan fingerprint density at radius 3 is 2.61 bits per heavy atom. The molecule has 0 aliphatic carbocycles. The van der Waals surface area contributed by atoms with Gasteiger partial charge in [0.05, 0.1) is 6.54 Å². The standard InChI is InChI=1S/C20H26N2O/c1-16-8-9-18(23-16)14-22-13-11-20(17-6-4-3-5-7-17)10-12-21(2)19(20)15-22/h3-9,19H,10-15H2,1-2H3/t19-,20+/m1/s1. The number of rotatable bonds is 3. The van der Waals surface area contributed by atoms with Gasteiger partial charge in [-0.05, 0) is 57.6 Å². The van der Waals surface area contributed by atoms with Gasteiger partial charge in [0.2, 0.25) is 0 Å². The highest BCUT2D eigenvalue weighted by Gasteiger charge is 2.49. The van der Waals surface area contributed by atoms with Gasteiger partial charge in [-0.25, -0.2) is 0 Å². The smallest absolute Gasteiger partial charge is 0.118 e. The molecule has 0 unspecified atom stereocenters. The van der Waals surface area contributed by atoms with Crippen molar-refractivity contribution in [1.82, 2.24) is 9.80 Å². The van der Waals surface area contributed by atoms with E-state index >= 15 is 0 Å². The van der Waals surface area contributed by atoms with E-state index in [1.54, 1.807) is 0 Å². The van der Waals surface area contributed by atoms with Crippen molar-refractivity contribution in [3.63, 3.8) is 0 Å². The van der Waals surface area contributed by atoms with Crippen molar-refractivity contribution in [2.45, 2.75) is 37.8 Å². The number of piperidine rings is 1.